The van der Waals surface area contributed by atoms with Gasteiger partial charge in [-0.15, -0.1) is 0 Å². The lowest BCUT2D eigenvalue weighted by Crippen LogP contribution is -2.07. The van der Waals surface area contributed by atoms with Crippen molar-refractivity contribution in [2.45, 2.75) is 27.7 Å². The fraction of sp³-hybridized carbons (Fsp3) is 0.500. The van der Waals surface area contributed by atoms with Gasteiger partial charge in [-0.25, -0.2) is 0 Å². The Hall–Kier alpha value is -1.72. The van der Waals surface area contributed by atoms with Crippen molar-refractivity contribution in [1.82, 2.24) is 0 Å². The van der Waals surface area contributed by atoms with Crippen LogP contribution in [-0.4, -0.2) is 33.3 Å². The minimum atomic E-state index is 0.389. The fourth-order valence-corrected chi connectivity index (χ4v) is 0.439. The maximum absolute atomic E-state index is 8.42. The molecule has 0 fully saturated rings. The van der Waals surface area contributed by atoms with Crippen LogP contribution in [0.4, 0.5) is 0 Å². The Labute approximate surface area is 82.3 Å². The molecule has 0 aromatic carbocycles. The van der Waals surface area contributed by atoms with E-state index >= 15 is 0 Å². The molecule has 6 nitrogen and oxygen atoms in total. The van der Waals surface area contributed by atoms with Gasteiger partial charge in [-0.3, -0.25) is 0 Å². The van der Waals surface area contributed by atoms with Gasteiger partial charge in [0, 0.05) is 0 Å². The largest absolute Gasteiger partial charge is 0.411 e. The minimum absolute atomic E-state index is 0.389. The van der Waals surface area contributed by atoms with E-state index in [1.54, 1.807) is 27.7 Å². The summed E-state index contributed by atoms with van der Waals surface area (Å²) in [6, 6.07) is 0. The number of hydrogen-bond acceptors (Lipinski definition) is 6. The third-order valence-electron chi connectivity index (χ3n) is 1.70. The third-order valence-corrected chi connectivity index (χ3v) is 1.70. The van der Waals surface area contributed by atoms with E-state index in [0.717, 1.165) is 0 Å². The first kappa shape index (κ1) is 12.3. The van der Waals surface area contributed by atoms with E-state index in [1.165, 1.54) is 0 Å². The molecule has 0 amide bonds. The van der Waals surface area contributed by atoms with Gasteiger partial charge in [0.05, 0.1) is 22.8 Å². The lowest BCUT2D eigenvalue weighted by Gasteiger charge is -1.95. The predicted molar refractivity (Wildman–Crippen MR) is 56.0 cm³/mol. The highest BCUT2D eigenvalue weighted by molar-refractivity contribution is 6.42. The molecule has 0 spiro atoms. The second-order valence-corrected chi connectivity index (χ2v) is 2.74. The van der Waals surface area contributed by atoms with E-state index in [-0.39, 0.29) is 0 Å². The standard InChI is InChI=1S/C8H14N4O2/c1-5(7(3)11-13)9-10-6(2)8(4)12-14/h13-14H,1-4H3/b9-5+,10-6+,11-7-,12-8+. The molecular weight excluding hydrogens is 184 g/mol. The zero-order valence-corrected chi connectivity index (χ0v) is 8.68. The zero-order valence-electron chi connectivity index (χ0n) is 8.68. The summed E-state index contributed by atoms with van der Waals surface area (Å²) in [7, 11) is 0. The highest BCUT2D eigenvalue weighted by Crippen LogP contribution is 1.88. The van der Waals surface area contributed by atoms with E-state index < -0.39 is 0 Å². The van der Waals surface area contributed by atoms with Crippen molar-refractivity contribution in [1.29, 1.82) is 0 Å². The van der Waals surface area contributed by atoms with Gasteiger partial charge < -0.3 is 10.4 Å². The van der Waals surface area contributed by atoms with E-state index in [0.29, 0.717) is 22.8 Å². The molecule has 0 rings (SSSR count). The lowest BCUT2D eigenvalue weighted by atomic mass is 10.3. The Morgan fingerprint density at radius 2 is 0.929 bits per heavy atom. The number of nitrogens with zero attached hydrogens (tertiary/aromatic N) is 4. The second kappa shape index (κ2) is 5.85. The normalized spacial score (nSPS) is 16.0. The first-order chi connectivity index (χ1) is 6.52. The number of oxime groups is 2. The van der Waals surface area contributed by atoms with Crippen LogP contribution in [0.5, 0.6) is 0 Å². The van der Waals surface area contributed by atoms with Crippen molar-refractivity contribution in [2.75, 3.05) is 0 Å². The molecule has 0 aliphatic heterocycles. The Bertz CT molecular complexity index is 283. The lowest BCUT2D eigenvalue weighted by molar-refractivity contribution is 0.319. The average Bonchev–Trinajstić information content (AvgIpc) is 2.22. The molecule has 14 heavy (non-hydrogen) atoms. The maximum Gasteiger partial charge on any atom is 0.0994 e. The maximum atomic E-state index is 8.42. The van der Waals surface area contributed by atoms with Crippen molar-refractivity contribution in [3.05, 3.63) is 0 Å². The average molecular weight is 198 g/mol. The fourth-order valence-electron chi connectivity index (χ4n) is 0.439. The summed E-state index contributed by atoms with van der Waals surface area (Å²) in [6.07, 6.45) is 0. The zero-order chi connectivity index (χ0) is 11.1. The van der Waals surface area contributed by atoms with Gasteiger partial charge in [-0.05, 0) is 27.7 Å². The first-order valence-corrected chi connectivity index (χ1v) is 3.99. The molecule has 0 atom stereocenters. The van der Waals surface area contributed by atoms with E-state index in [4.69, 9.17) is 10.4 Å². The third kappa shape index (κ3) is 3.79. The van der Waals surface area contributed by atoms with Gasteiger partial charge in [0.2, 0.25) is 0 Å². The highest BCUT2D eigenvalue weighted by atomic mass is 16.4. The molecule has 0 unspecified atom stereocenters. The van der Waals surface area contributed by atoms with Crippen molar-refractivity contribution >= 4 is 22.8 Å². The predicted octanol–water partition coefficient (Wildman–Crippen LogP) is 1.52. The Morgan fingerprint density at radius 1 is 0.643 bits per heavy atom. The van der Waals surface area contributed by atoms with Crippen LogP contribution in [0.3, 0.4) is 0 Å². The molecule has 0 aliphatic carbocycles. The molecule has 78 valence electrons. The minimum Gasteiger partial charge on any atom is -0.411 e. The SMILES string of the molecule is CC(=N/O)/C(C)=N/N=C(C)/C(C)=N/O. The number of rotatable bonds is 3. The van der Waals surface area contributed by atoms with Crippen LogP contribution in [0.2, 0.25) is 0 Å². The summed E-state index contributed by atoms with van der Waals surface area (Å²) < 4.78 is 0. The van der Waals surface area contributed by atoms with Gasteiger partial charge in [-0.1, -0.05) is 10.3 Å². The van der Waals surface area contributed by atoms with Crippen LogP contribution in [0.1, 0.15) is 27.7 Å². The van der Waals surface area contributed by atoms with Gasteiger partial charge >= 0.3 is 0 Å². The molecule has 2 N–H and O–H groups in total. The van der Waals surface area contributed by atoms with Crippen LogP contribution in [0, 0.1) is 0 Å². The molecule has 0 aromatic heterocycles. The van der Waals surface area contributed by atoms with E-state index in [1.807, 2.05) is 0 Å². The van der Waals surface area contributed by atoms with Gasteiger partial charge in [0.25, 0.3) is 0 Å². The Kier molecular flexibility index (Phi) is 5.13. The topological polar surface area (TPSA) is 89.9 Å². The van der Waals surface area contributed by atoms with Crippen molar-refractivity contribution in [3.8, 4) is 0 Å². The van der Waals surface area contributed by atoms with E-state index in [9.17, 15) is 0 Å². The van der Waals surface area contributed by atoms with Crippen molar-refractivity contribution < 1.29 is 10.4 Å². The van der Waals surface area contributed by atoms with Gasteiger partial charge in [0.15, 0.2) is 0 Å². The number of hydrogen-bond donors (Lipinski definition) is 2. The van der Waals surface area contributed by atoms with Crippen molar-refractivity contribution in [2.24, 2.45) is 20.5 Å². The summed E-state index contributed by atoms with van der Waals surface area (Å²) in [5.41, 5.74) is 1.77. The highest BCUT2D eigenvalue weighted by Gasteiger charge is 1.98. The second-order valence-electron chi connectivity index (χ2n) is 2.74. The van der Waals surface area contributed by atoms with Gasteiger partial charge in [0.1, 0.15) is 0 Å². The quantitative estimate of drug-likeness (QED) is 0.409. The summed E-state index contributed by atoms with van der Waals surface area (Å²) in [6.45, 7) is 6.54. The molecule has 0 heterocycles. The van der Waals surface area contributed by atoms with Crippen LogP contribution in [0.25, 0.3) is 0 Å². The van der Waals surface area contributed by atoms with Crippen LogP contribution in [-0.2, 0) is 0 Å². The summed E-state index contributed by atoms with van der Waals surface area (Å²) in [5, 5.41) is 30.3. The van der Waals surface area contributed by atoms with Crippen molar-refractivity contribution in [3.63, 3.8) is 0 Å². The first-order valence-electron chi connectivity index (χ1n) is 3.99. The van der Waals surface area contributed by atoms with Crippen LogP contribution >= 0.6 is 0 Å². The molecule has 0 radical (unpaired) electrons. The summed E-state index contributed by atoms with van der Waals surface area (Å²) in [4.78, 5) is 0. The summed E-state index contributed by atoms with van der Waals surface area (Å²) >= 11 is 0. The molecule has 6 heteroatoms. The van der Waals surface area contributed by atoms with E-state index in [2.05, 4.69) is 20.5 Å². The Balaban J connectivity index is 4.71. The molecule has 0 saturated heterocycles. The van der Waals surface area contributed by atoms with Crippen LogP contribution < -0.4 is 0 Å². The van der Waals surface area contributed by atoms with Gasteiger partial charge in [-0.2, -0.15) is 10.2 Å². The molecule has 0 bridgehead atoms. The molecule has 0 saturated carbocycles. The smallest absolute Gasteiger partial charge is 0.0994 e. The molecule has 0 aromatic rings. The summed E-state index contributed by atoms with van der Waals surface area (Å²) in [5.74, 6) is 0. The van der Waals surface area contributed by atoms with Crippen LogP contribution in [0.15, 0.2) is 20.5 Å². The Morgan fingerprint density at radius 3 is 1.14 bits per heavy atom. The molecular formula is C8H14N4O2. The monoisotopic (exact) mass is 198 g/mol. The molecule has 0 aliphatic rings.